The largest absolute Gasteiger partial charge is 0.455 e. The maximum Gasteiger partial charge on any atom is 0.293 e. The molecule has 2 saturated heterocycles. The van der Waals surface area contributed by atoms with Crippen LogP contribution >= 0.6 is 0 Å². The number of H-pyrrole nitrogens is 1. The molecule has 2 aliphatic heterocycles. The van der Waals surface area contributed by atoms with Gasteiger partial charge >= 0.3 is 0 Å². The third kappa shape index (κ3) is 10.6. The molecule has 4 N–H and O–H groups in total. The molecule has 390 valence electrons. The third-order valence-electron chi connectivity index (χ3n) is 16.7. The Labute approximate surface area is 432 Å². The van der Waals surface area contributed by atoms with Gasteiger partial charge in [0.1, 0.15) is 22.8 Å². The summed E-state index contributed by atoms with van der Waals surface area (Å²) >= 11 is 0. The summed E-state index contributed by atoms with van der Waals surface area (Å²) in [5.41, 5.74) is 4.93. The number of carbonyl (C=O) groups is 1. The molecule has 1 spiro atoms. The second kappa shape index (κ2) is 20.1. The third-order valence-corrected chi connectivity index (χ3v) is 18.1. The number of aromatic nitrogens is 4. The van der Waals surface area contributed by atoms with Gasteiger partial charge in [0, 0.05) is 99.1 Å². The van der Waals surface area contributed by atoms with Crippen LogP contribution in [-0.4, -0.2) is 105 Å². The Morgan fingerprint density at radius 3 is 2.49 bits per heavy atom. The lowest BCUT2D eigenvalue weighted by Gasteiger charge is -2.58. The first-order valence-corrected chi connectivity index (χ1v) is 28.0. The number of fused-ring (bicyclic) bond motifs is 1. The van der Waals surface area contributed by atoms with E-state index in [-0.39, 0.29) is 28.3 Å². The number of anilines is 2. The number of carbonyl (C=O) groups excluding carboxylic acids is 1. The second-order valence-electron chi connectivity index (χ2n) is 22.4. The van der Waals surface area contributed by atoms with Crippen molar-refractivity contribution in [2.24, 2.45) is 11.3 Å². The summed E-state index contributed by atoms with van der Waals surface area (Å²) < 4.78 is 38.4. The Morgan fingerprint density at radius 1 is 0.946 bits per heavy atom. The number of sulfonamides is 1. The highest BCUT2D eigenvalue weighted by Crippen LogP contribution is 2.53. The van der Waals surface area contributed by atoms with E-state index in [0.717, 1.165) is 94.9 Å². The molecule has 5 aliphatic rings. The van der Waals surface area contributed by atoms with Crippen LogP contribution in [0.1, 0.15) is 130 Å². The first-order valence-electron chi connectivity index (χ1n) is 26.5. The van der Waals surface area contributed by atoms with E-state index in [1.807, 2.05) is 19.1 Å². The maximum atomic E-state index is 14.1. The zero-order chi connectivity index (χ0) is 51.4. The van der Waals surface area contributed by atoms with E-state index >= 15 is 0 Å². The average molecular weight is 1030 g/mol. The quantitative estimate of drug-likeness (QED) is 0.0527. The van der Waals surface area contributed by atoms with Crippen molar-refractivity contribution in [2.75, 3.05) is 49.5 Å². The van der Waals surface area contributed by atoms with Gasteiger partial charge in [-0.05, 0) is 136 Å². The summed E-state index contributed by atoms with van der Waals surface area (Å²) in [6, 6.07) is 22.8. The van der Waals surface area contributed by atoms with Gasteiger partial charge < -0.3 is 25.0 Å². The van der Waals surface area contributed by atoms with Gasteiger partial charge in [0.2, 0.25) is 0 Å². The molecule has 1 unspecified atom stereocenters. The zero-order valence-electron chi connectivity index (χ0n) is 42.6. The fourth-order valence-corrected chi connectivity index (χ4v) is 13.2. The van der Waals surface area contributed by atoms with Gasteiger partial charge in [-0.2, -0.15) is 5.10 Å². The lowest BCUT2D eigenvalue weighted by atomic mass is 9.59. The van der Waals surface area contributed by atoms with Crippen molar-refractivity contribution in [2.45, 2.75) is 126 Å². The number of hydrogen-bond acceptors (Lipinski definition) is 13. The fourth-order valence-electron chi connectivity index (χ4n) is 12.2. The van der Waals surface area contributed by atoms with Crippen LogP contribution in [0, 0.1) is 21.4 Å². The summed E-state index contributed by atoms with van der Waals surface area (Å²) in [5.74, 6) is 0.191. The molecule has 3 aliphatic carbocycles. The number of pyridine rings is 1. The maximum absolute atomic E-state index is 14.1. The van der Waals surface area contributed by atoms with Gasteiger partial charge in [-0.25, -0.2) is 18.1 Å². The van der Waals surface area contributed by atoms with E-state index in [2.05, 4.69) is 89.9 Å². The van der Waals surface area contributed by atoms with Gasteiger partial charge in [0.25, 0.3) is 21.6 Å². The first-order chi connectivity index (χ1) is 35.6. The van der Waals surface area contributed by atoms with E-state index in [4.69, 9.17) is 9.84 Å². The molecule has 18 heteroatoms. The molecule has 5 fully saturated rings. The smallest absolute Gasteiger partial charge is 0.293 e. The minimum Gasteiger partial charge on any atom is -0.455 e. The van der Waals surface area contributed by atoms with Crippen LogP contribution in [0.2, 0.25) is 0 Å². The molecule has 0 radical (unpaired) electrons. The summed E-state index contributed by atoms with van der Waals surface area (Å²) in [6.45, 7) is 12.4. The number of amides is 1. The molecule has 1 amide bonds. The number of ether oxygens (including phenoxy) is 1. The van der Waals surface area contributed by atoms with Gasteiger partial charge in [-0.3, -0.25) is 29.4 Å². The number of nitrogens with one attached hydrogen (secondary N) is 3. The van der Waals surface area contributed by atoms with Gasteiger partial charge in [-0.1, -0.05) is 38.1 Å². The number of aliphatic hydroxyl groups is 1. The molecule has 1 atom stereocenters. The minimum absolute atomic E-state index is 0.0249. The van der Waals surface area contributed by atoms with Crippen LogP contribution < -0.4 is 19.7 Å². The topological polar surface area (TPSA) is 204 Å². The molecule has 11 rings (SSSR count). The Balaban J connectivity index is 0.776. The van der Waals surface area contributed by atoms with Crippen molar-refractivity contribution in [1.82, 2.24) is 34.3 Å². The summed E-state index contributed by atoms with van der Waals surface area (Å²) in [7, 11) is -4.58. The van der Waals surface area contributed by atoms with E-state index < -0.39 is 37.0 Å². The van der Waals surface area contributed by atoms with Crippen LogP contribution in [0.25, 0.3) is 11.0 Å². The number of nitro groups is 1. The van der Waals surface area contributed by atoms with Crippen LogP contribution in [-0.2, 0) is 16.6 Å². The molecule has 3 saturated carbocycles. The summed E-state index contributed by atoms with van der Waals surface area (Å²) in [6.07, 6.45) is 17.2. The molecule has 74 heavy (non-hydrogen) atoms. The lowest BCUT2D eigenvalue weighted by Crippen LogP contribution is -2.60. The molecule has 17 nitrogen and oxygen atoms in total. The Kier molecular flexibility index (Phi) is 13.5. The van der Waals surface area contributed by atoms with Gasteiger partial charge in [-0.15, -0.1) is 0 Å². The molecular formula is C56H68N10O7S. The number of piperazine rings is 1. The molecule has 3 aromatic heterocycles. The number of piperidine rings is 1. The Morgan fingerprint density at radius 2 is 1.73 bits per heavy atom. The monoisotopic (exact) mass is 1020 g/mol. The average Bonchev–Trinajstić information content (AvgIpc) is 3.94. The van der Waals surface area contributed by atoms with Gasteiger partial charge in [0.05, 0.1) is 39.4 Å². The predicted molar refractivity (Wildman–Crippen MR) is 284 cm³/mol. The van der Waals surface area contributed by atoms with Gasteiger partial charge in [0.15, 0.2) is 0 Å². The van der Waals surface area contributed by atoms with Crippen LogP contribution in [0.5, 0.6) is 11.5 Å². The van der Waals surface area contributed by atoms with E-state index in [0.29, 0.717) is 54.8 Å². The normalized spacial score (nSPS) is 22.7. The lowest BCUT2D eigenvalue weighted by molar-refractivity contribution is -0.384. The highest BCUT2D eigenvalue weighted by Gasteiger charge is 2.50. The number of nitrogens with zero attached hydrogens (tertiary/aromatic N) is 7. The van der Waals surface area contributed by atoms with E-state index in [1.165, 1.54) is 41.7 Å². The van der Waals surface area contributed by atoms with Crippen LogP contribution in [0.3, 0.4) is 0 Å². The standard InChI is InChI=1S/C56H68N10O7S/c1-37(2)46-6-4-5-7-47(46)51-36-62(34-39-32-60-65(35-39)41-8-9-41)24-25-64(51)43-29-56(30-43)19-22-63(23-20-56)42-10-12-48(52(27-42)73-44-26-40-16-21-57-53(40)59-33-44)54(67)61-74(71,72)45-11-13-49(50(28-45)66(69)70)58-31-38-14-17-55(3,68)18-15-38/h4-7,10-13,16,21,26-28,32-33,35,37-38,41,43,51,58,68H,8-9,14-15,17-20,22-25,29-31,34,36H2,1-3H3,(H,57,59)(H,61,67)/t38-,51?,55-. The first kappa shape index (κ1) is 49.9. The Hall–Kier alpha value is -6.34. The molecule has 0 bridgehead atoms. The number of rotatable bonds is 16. The van der Waals surface area contributed by atoms with Crippen LogP contribution in [0.4, 0.5) is 17.1 Å². The van der Waals surface area contributed by atoms with Crippen molar-refractivity contribution in [3.63, 3.8) is 0 Å². The number of aromatic amines is 1. The molecule has 5 heterocycles. The number of hydrogen-bond donors (Lipinski definition) is 4. The number of nitro benzene ring substituents is 1. The van der Waals surface area contributed by atoms with Crippen LogP contribution in [0.15, 0.2) is 102 Å². The highest BCUT2D eigenvalue weighted by molar-refractivity contribution is 7.90. The number of benzene rings is 3. The summed E-state index contributed by atoms with van der Waals surface area (Å²) in [5, 5.41) is 31.2. The minimum atomic E-state index is -4.58. The highest BCUT2D eigenvalue weighted by atomic mass is 32.2. The Bertz CT molecular complexity index is 3140. The molecule has 6 aromatic rings. The van der Waals surface area contributed by atoms with Crippen molar-refractivity contribution < 1.29 is 28.0 Å². The SMILES string of the molecule is CC(C)c1ccccc1C1CN(Cc2cnn(C3CC3)c2)CCN1C1CC2(CCN(c3ccc(C(=O)NS(=O)(=O)c4ccc(NC[C@H]5CC[C@](C)(O)CC5)c([N+](=O)[O-])c4)c(Oc4cnc5[nH]ccc5c4)c3)CC2)C1. The van der Waals surface area contributed by atoms with Crippen molar-refractivity contribution in [3.8, 4) is 11.5 Å². The van der Waals surface area contributed by atoms with Crippen molar-refractivity contribution in [1.29, 1.82) is 0 Å². The van der Waals surface area contributed by atoms with Crippen molar-refractivity contribution in [3.05, 3.63) is 130 Å². The predicted octanol–water partition coefficient (Wildman–Crippen LogP) is 9.70. The summed E-state index contributed by atoms with van der Waals surface area (Å²) in [4.78, 5) is 40.6. The van der Waals surface area contributed by atoms with Crippen molar-refractivity contribution >= 4 is 44.0 Å². The second-order valence-corrected chi connectivity index (χ2v) is 24.1. The van der Waals surface area contributed by atoms with E-state index in [9.17, 15) is 28.4 Å². The fraction of sp³-hybridized carbons (Fsp3) is 0.482. The molecular weight excluding hydrogens is 957 g/mol. The molecule has 3 aromatic carbocycles. The zero-order valence-corrected chi connectivity index (χ0v) is 43.4. The van der Waals surface area contributed by atoms with E-state index in [1.54, 1.807) is 30.6 Å².